The van der Waals surface area contributed by atoms with Crippen LogP contribution in [0.5, 0.6) is 0 Å². The molecule has 0 rings (SSSR count). The summed E-state index contributed by atoms with van der Waals surface area (Å²) in [5, 5.41) is 0. The molecular formula is C75H128O6. The van der Waals surface area contributed by atoms with Crippen molar-refractivity contribution in [2.24, 2.45) is 0 Å². The van der Waals surface area contributed by atoms with E-state index in [1.54, 1.807) is 0 Å². The van der Waals surface area contributed by atoms with Gasteiger partial charge in [0.2, 0.25) is 0 Å². The van der Waals surface area contributed by atoms with Crippen molar-refractivity contribution in [2.45, 2.75) is 335 Å². The van der Waals surface area contributed by atoms with E-state index in [0.29, 0.717) is 19.3 Å². The second kappa shape index (κ2) is 68.6. The average Bonchev–Trinajstić information content (AvgIpc) is 3.46. The van der Waals surface area contributed by atoms with Crippen LogP contribution in [0.3, 0.4) is 0 Å². The molecule has 1 atom stereocenters. The van der Waals surface area contributed by atoms with Crippen LogP contribution >= 0.6 is 0 Å². The summed E-state index contributed by atoms with van der Waals surface area (Å²) in [6.45, 7) is 6.45. The van der Waals surface area contributed by atoms with Crippen LogP contribution in [0.15, 0.2) is 109 Å². The highest BCUT2D eigenvalue weighted by Gasteiger charge is 2.19. The summed E-state index contributed by atoms with van der Waals surface area (Å²) in [6.07, 6.45) is 94.0. The Bertz CT molecular complexity index is 1620. The molecule has 0 aliphatic rings. The van der Waals surface area contributed by atoms with E-state index in [4.69, 9.17) is 14.2 Å². The predicted molar refractivity (Wildman–Crippen MR) is 353 cm³/mol. The normalized spacial score (nSPS) is 12.8. The average molecular weight is 1130 g/mol. The topological polar surface area (TPSA) is 78.9 Å². The fourth-order valence-corrected chi connectivity index (χ4v) is 9.60. The fourth-order valence-electron chi connectivity index (χ4n) is 9.60. The third-order valence-corrected chi connectivity index (χ3v) is 14.7. The summed E-state index contributed by atoms with van der Waals surface area (Å²) in [7, 11) is 0. The molecule has 0 fully saturated rings. The monoisotopic (exact) mass is 1120 g/mol. The van der Waals surface area contributed by atoms with Gasteiger partial charge >= 0.3 is 17.9 Å². The molecule has 0 saturated heterocycles. The molecule has 0 aromatic carbocycles. The second-order valence-corrected chi connectivity index (χ2v) is 22.7. The van der Waals surface area contributed by atoms with Gasteiger partial charge in [0.05, 0.1) is 0 Å². The lowest BCUT2D eigenvalue weighted by Crippen LogP contribution is -2.30. The molecule has 81 heavy (non-hydrogen) atoms. The molecule has 464 valence electrons. The Labute approximate surface area is 501 Å². The molecule has 0 amide bonds. The maximum Gasteiger partial charge on any atom is 0.306 e. The number of hydrogen-bond acceptors (Lipinski definition) is 6. The largest absolute Gasteiger partial charge is 0.462 e. The molecule has 0 radical (unpaired) electrons. The summed E-state index contributed by atoms with van der Waals surface area (Å²) in [5.41, 5.74) is 0. The van der Waals surface area contributed by atoms with Gasteiger partial charge in [0.25, 0.3) is 0 Å². The summed E-state index contributed by atoms with van der Waals surface area (Å²) in [4.78, 5) is 38.4. The Morgan fingerprint density at radius 2 is 0.506 bits per heavy atom. The Morgan fingerprint density at radius 1 is 0.259 bits per heavy atom. The summed E-state index contributed by atoms with van der Waals surface area (Å²) < 4.78 is 16.9. The van der Waals surface area contributed by atoms with Crippen molar-refractivity contribution in [1.29, 1.82) is 0 Å². The van der Waals surface area contributed by atoms with Crippen LogP contribution in [0.1, 0.15) is 329 Å². The zero-order valence-corrected chi connectivity index (χ0v) is 53.3. The van der Waals surface area contributed by atoms with Crippen molar-refractivity contribution in [3.63, 3.8) is 0 Å². The molecular weight excluding hydrogens is 997 g/mol. The Hall–Kier alpha value is -3.93. The van der Waals surface area contributed by atoms with Gasteiger partial charge in [-0.25, -0.2) is 0 Å². The second-order valence-electron chi connectivity index (χ2n) is 22.7. The first-order chi connectivity index (χ1) is 40.0. The molecule has 0 heterocycles. The van der Waals surface area contributed by atoms with Crippen LogP contribution in [0.25, 0.3) is 0 Å². The van der Waals surface area contributed by atoms with E-state index in [2.05, 4.69) is 130 Å². The van der Waals surface area contributed by atoms with Crippen molar-refractivity contribution in [1.82, 2.24) is 0 Å². The lowest BCUT2D eigenvalue weighted by atomic mass is 10.0. The number of carbonyl (C=O) groups excluding carboxylic acids is 3. The Balaban J connectivity index is 4.24. The zero-order chi connectivity index (χ0) is 58.5. The molecule has 0 aromatic heterocycles. The van der Waals surface area contributed by atoms with Crippen molar-refractivity contribution in [3.05, 3.63) is 109 Å². The van der Waals surface area contributed by atoms with Crippen molar-refractivity contribution in [3.8, 4) is 0 Å². The van der Waals surface area contributed by atoms with E-state index in [1.807, 2.05) is 0 Å². The van der Waals surface area contributed by atoms with Crippen LogP contribution in [0.4, 0.5) is 0 Å². The van der Waals surface area contributed by atoms with Crippen LogP contribution in [0, 0.1) is 0 Å². The van der Waals surface area contributed by atoms with Crippen molar-refractivity contribution in [2.75, 3.05) is 13.2 Å². The number of unbranched alkanes of at least 4 members (excludes halogenated alkanes) is 33. The molecule has 0 aromatic rings. The van der Waals surface area contributed by atoms with Gasteiger partial charge in [0, 0.05) is 19.3 Å². The first-order valence-corrected chi connectivity index (χ1v) is 34.4. The quantitative estimate of drug-likeness (QED) is 0.0261. The number of carbonyl (C=O) groups is 3. The van der Waals surface area contributed by atoms with Gasteiger partial charge < -0.3 is 14.2 Å². The van der Waals surface area contributed by atoms with Gasteiger partial charge in [-0.2, -0.15) is 0 Å². The molecule has 0 N–H and O–H groups in total. The van der Waals surface area contributed by atoms with E-state index in [9.17, 15) is 14.4 Å². The maximum absolute atomic E-state index is 12.9. The number of esters is 3. The molecule has 0 saturated carbocycles. The van der Waals surface area contributed by atoms with E-state index in [1.165, 1.54) is 148 Å². The highest BCUT2D eigenvalue weighted by Crippen LogP contribution is 2.17. The molecule has 6 heteroatoms. The minimum absolute atomic E-state index is 0.0879. The third-order valence-electron chi connectivity index (χ3n) is 14.7. The van der Waals surface area contributed by atoms with Crippen LogP contribution < -0.4 is 0 Å². The lowest BCUT2D eigenvalue weighted by Gasteiger charge is -2.18. The highest BCUT2D eigenvalue weighted by atomic mass is 16.6. The lowest BCUT2D eigenvalue weighted by molar-refractivity contribution is -0.167. The number of hydrogen-bond donors (Lipinski definition) is 0. The predicted octanol–water partition coefficient (Wildman–Crippen LogP) is 23.8. The van der Waals surface area contributed by atoms with Gasteiger partial charge in [0.1, 0.15) is 13.2 Å². The standard InChI is InChI=1S/C75H128O6/c1-4-7-10-13-16-19-22-25-27-29-31-32-33-34-35-36-37-38-39-40-41-42-44-45-47-50-53-56-59-62-65-68-74(77)80-71-72(70-79-73(76)67-64-61-58-55-52-49-24-21-18-15-12-9-6-3)81-75(78)69-66-63-60-57-54-51-48-46-43-30-28-26-23-20-17-14-11-8-5-2/h8,11-12,15,17,20-22,24-26,28-29,31,33-34,43,46,72H,4-7,9-10,13-14,16,18-19,23,27,30,32,35-42,44-45,47-71H2,1-3H3/b11-8-,15-12-,20-17-,24-21-,25-22-,28-26-,31-29-,34-33-,46-43-. The number of ether oxygens (including phenoxy) is 3. The molecule has 0 bridgehead atoms. The van der Waals surface area contributed by atoms with E-state index in [-0.39, 0.29) is 31.1 Å². The van der Waals surface area contributed by atoms with E-state index >= 15 is 0 Å². The van der Waals surface area contributed by atoms with Gasteiger partial charge in [-0.3, -0.25) is 14.4 Å². The SMILES string of the molecule is CC/C=C\C/C=C\C/C=C\C/C=C\CCCCCCCCC(=O)OC(COC(=O)CCCCCCC/C=C\C/C=C\CCC)COC(=O)CCCCCCCCCCCCCCCCCC/C=C\C/C=C\C/C=C\CCCCCCC. The van der Waals surface area contributed by atoms with Crippen LogP contribution in [0.2, 0.25) is 0 Å². The van der Waals surface area contributed by atoms with Gasteiger partial charge in [0.15, 0.2) is 6.10 Å². The highest BCUT2D eigenvalue weighted by molar-refractivity contribution is 5.71. The number of rotatable bonds is 62. The Kier molecular flexibility index (Phi) is 65.2. The zero-order valence-electron chi connectivity index (χ0n) is 53.3. The molecule has 0 spiro atoms. The molecule has 0 aliphatic carbocycles. The first-order valence-electron chi connectivity index (χ1n) is 34.4. The van der Waals surface area contributed by atoms with Crippen LogP contribution in [-0.4, -0.2) is 37.2 Å². The van der Waals surface area contributed by atoms with Gasteiger partial charge in [-0.15, -0.1) is 0 Å². The fraction of sp³-hybridized carbons (Fsp3) is 0.720. The van der Waals surface area contributed by atoms with E-state index < -0.39 is 6.10 Å². The maximum atomic E-state index is 12.9. The van der Waals surface area contributed by atoms with Gasteiger partial charge in [-0.1, -0.05) is 297 Å². The number of allylic oxidation sites excluding steroid dienone is 18. The molecule has 6 nitrogen and oxygen atoms in total. The minimum atomic E-state index is -0.794. The first kappa shape index (κ1) is 77.1. The van der Waals surface area contributed by atoms with Crippen LogP contribution in [-0.2, 0) is 28.6 Å². The summed E-state index contributed by atoms with van der Waals surface area (Å²) in [6, 6.07) is 0. The molecule has 0 aliphatic heterocycles. The summed E-state index contributed by atoms with van der Waals surface area (Å²) >= 11 is 0. The smallest absolute Gasteiger partial charge is 0.306 e. The molecule has 1 unspecified atom stereocenters. The third kappa shape index (κ3) is 66.8. The Morgan fingerprint density at radius 3 is 0.802 bits per heavy atom. The minimum Gasteiger partial charge on any atom is -0.462 e. The summed E-state index contributed by atoms with van der Waals surface area (Å²) in [5.74, 6) is -0.907. The van der Waals surface area contributed by atoms with Gasteiger partial charge in [-0.05, 0) is 122 Å². The van der Waals surface area contributed by atoms with Crippen molar-refractivity contribution < 1.29 is 28.6 Å². The van der Waals surface area contributed by atoms with E-state index in [0.717, 1.165) is 141 Å². The van der Waals surface area contributed by atoms with Crippen molar-refractivity contribution >= 4 is 17.9 Å².